The van der Waals surface area contributed by atoms with Crippen LogP contribution in [-0.2, 0) is 4.79 Å². The van der Waals surface area contributed by atoms with E-state index in [9.17, 15) is 9.59 Å². The Labute approximate surface area is 236 Å². The van der Waals surface area contributed by atoms with Crippen LogP contribution in [0.2, 0.25) is 0 Å². The summed E-state index contributed by atoms with van der Waals surface area (Å²) in [5.41, 5.74) is 5.28. The van der Waals surface area contributed by atoms with Crippen LogP contribution in [-0.4, -0.2) is 21.1 Å². The lowest BCUT2D eigenvalue weighted by atomic mass is 10.1. The van der Waals surface area contributed by atoms with Gasteiger partial charge in [0.2, 0.25) is 10.1 Å². The highest BCUT2D eigenvalue weighted by Gasteiger charge is 2.60. The van der Waals surface area contributed by atoms with E-state index in [1.165, 1.54) is 23.5 Å². The maximum atomic E-state index is 14.2. The minimum Gasteiger partial charge on any atom is -0.286 e. The molecule has 4 aromatic carbocycles. The summed E-state index contributed by atoms with van der Waals surface area (Å²) in [5, 5.41) is 7.04. The van der Waals surface area contributed by atoms with Crippen molar-refractivity contribution in [2.24, 2.45) is 5.10 Å². The number of carbonyl (C=O) groups excluding carboxylic acids is 2. The first-order valence-corrected chi connectivity index (χ1v) is 14.2. The fraction of sp³-hybridized carbons (Fsp3) is 0.0938. The Kier molecular flexibility index (Phi) is 6.62. The number of amides is 1. The predicted molar refractivity (Wildman–Crippen MR) is 163 cm³/mol. The Hall–Kier alpha value is -4.07. The van der Waals surface area contributed by atoms with E-state index in [1.54, 1.807) is 17.0 Å². The highest BCUT2D eigenvalue weighted by Crippen LogP contribution is 2.59. The number of benzene rings is 4. The van der Waals surface area contributed by atoms with E-state index >= 15 is 0 Å². The van der Waals surface area contributed by atoms with E-state index in [2.05, 4.69) is 0 Å². The van der Waals surface area contributed by atoms with Crippen LogP contribution < -0.4 is 9.91 Å². The van der Waals surface area contributed by atoms with Crippen LogP contribution in [0.15, 0.2) is 119 Å². The van der Waals surface area contributed by atoms with E-state index < -0.39 is 4.33 Å². The Morgan fingerprint density at radius 1 is 0.744 bits per heavy atom. The van der Waals surface area contributed by atoms with Gasteiger partial charge in [0.15, 0.2) is 5.04 Å². The molecule has 0 bridgehead atoms. The van der Waals surface area contributed by atoms with Gasteiger partial charge in [0.1, 0.15) is 0 Å². The number of aryl methyl sites for hydroxylation is 2. The molecule has 4 aromatic rings. The number of rotatable bonds is 5. The zero-order valence-electron chi connectivity index (χ0n) is 21.4. The molecule has 39 heavy (non-hydrogen) atoms. The van der Waals surface area contributed by atoms with Gasteiger partial charge in [-0.3, -0.25) is 14.5 Å². The van der Waals surface area contributed by atoms with E-state index in [4.69, 9.17) is 5.10 Å². The van der Waals surface area contributed by atoms with Crippen LogP contribution in [0.1, 0.15) is 27.0 Å². The third-order valence-electron chi connectivity index (χ3n) is 6.53. The first-order chi connectivity index (χ1) is 18.9. The van der Waals surface area contributed by atoms with Crippen molar-refractivity contribution in [2.45, 2.75) is 18.2 Å². The minimum atomic E-state index is -1.07. The molecule has 1 atom stereocenters. The molecule has 0 radical (unpaired) electrons. The van der Waals surface area contributed by atoms with E-state index in [1.807, 2.05) is 122 Å². The second-order valence-electron chi connectivity index (χ2n) is 9.40. The first-order valence-electron chi connectivity index (χ1n) is 12.6. The maximum Gasteiger partial charge on any atom is 0.268 e. The SMILES string of the molecule is Cc1ccc(C=C2SC3(SC(C(=O)c4ccccc4)=NN3c3ccc(C)cc3)N(c3ccccc3)C2=O)cc1. The topological polar surface area (TPSA) is 53.0 Å². The second-order valence-corrected chi connectivity index (χ2v) is 12.0. The first kappa shape index (κ1) is 25.2. The molecule has 1 fully saturated rings. The fourth-order valence-electron chi connectivity index (χ4n) is 4.49. The number of hydrogen-bond donors (Lipinski definition) is 0. The number of anilines is 2. The molecular formula is C32H25N3O2S2. The number of thioether (sulfide) groups is 2. The molecule has 1 unspecified atom stereocenters. The standard InChI is InChI=1S/C32H25N3O2S2/c1-22-13-17-24(18-14-22)21-28-31(37)34(26-11-7-4-8-12-26)32(38-28)35(27-19-15-23(2)16-20-27)33-30(39-32)29(36)25-9-5-3-6-10-25/h3-21H,1-2H3. The monoisotopic (exact) mass is 547 g/mol. The number of ketones is 1. The molecule has 0 N–H and O–H groups in total. The molecule has 0 saturated carbocycles. The molecule has 2 heterocycles. The van der Waals surface area contributed by atoms with Gasteiger partial charge in [-0.1, -0.05) is 108 Å². The van der Waals surface area contributed by atoms with Crippen molar-refractivity contribution in [1.29, 1.82) is 0 Å². The zero-order chi connectivity index (χ0) is 27.0. The highest BCUT2D eigenvalue weighted by molar-refractivity contribution is 8.29. The van der Waals surface area contributed by atoms with Crippen LogP contribution in [0.5, 0.6) is 0 Å². The van der Waals surface area contributed by atoms with E-state index in [0.717, 1.165) is 28.1 Å². The van der Waals surface area contributed by atoms with Crippen molar-refractivity contribution in [2.75, 3.05) is 9.91 Å². The van der Waals surface area contributed by atoms with E-state index in [-0.39, 0.29) is 11.7 Å². The lowest BCUT2D eigenvalue weighted by Gasteiger charge is -2.38. The van der Waals surface area contributed by atoms with Crippen molar-refractivity contribution in [3.8, 4) is 0 Å². The quantitative estimate of drug-likeness (QED) is 0.191. The number of Topliss-reactive ketones (excluding diaryl/α,β-unsaturated/α-hetero) is 1. The number of hydrazone groups is 1. The Bertz CT molecular complexity index is 1600. The number of nitrogens with zero attached hydrogens (tertiary/aromatic N) is 3. The molecule has 0 aromatic heterocycles. The van der Waals surface area contributed by atoms with Gasteiger partial charge in [0.25, 0.3) is 5.91 Å². The van der Waals surface area contributed by atoms with Crippen LogP contribution >= 0.6 is 23.5 Å². The van der Waals surface area contributed by atoms with Crippen LogP contribution in [0.25, 0.3) is 6.08 Å². The summed E-state index contributed by atoms with van der Waals surface area (Å²) in [7, 11) is 0. The molecule has 192 valence electrons. The van der Waals surface area contributed by atoms with Crippen LogP contribution in [0, 0.1) is 13.8 Å². The third kappa shape index (κ3) is 4.68. The molecule has 1 saturated heterocycles. The van der Waals surface area contributed by atoms with Gasteiger partial charge in [0, 0.05) is 11.3 Å². The highest BCUT2D eigenvalue weighted by atomic mass is 32.2. The van der Waals surface area contributed by atoms with Gasteiger partial charge < -0.3 is 0 Å². The Morgan fingerprint density at radius 3 is 1.97 bits per heavy atom. The summed E-state index contributed by atoms with van der Waals surface area (Å²) in [6.45, 7) is 4.06. The van der Waals surface area contributed by atoms with Crippen molar-refractivity contribution in [3.05, 3.63) is 136 Å². The normalized spacial score (nSPS) is 19.7. The van der Waals surface area contributed by atoms with Crippen molar-refractivity contribution >= 4 is 57.7 Å². The average Bonchev–Trinajstić information content (AvgIpc) is 3.47. The lowest BCUT2D eigenvalue weighted by molar-refractivity contribution is -0.114. The van der Waals surface area contributed by atoms with E-state index in [0.29, 0.717) is 15.5 Å². The third-order valence-corrected chi connectivity index (χ3v) is 9.24. The molecule has 6 rings (SSSR count). The van der Waals surface area contributed by atoms with Gasteiger partial charge in [-0.15, -0.1) is 0 Å². The number of hydrogen-bond acceptors (Lipinski definition) is 6. The van der Waals surface area contributed by atoms with Gasteiger partial charge in [-0.25, -0.2) is 5.01 Å². The van der Waals surface area contributed by atoms with Gasteiger partial charge in [-0.05, 0) is 61.5 Å². The van der Waals surface area contributed by atoms with Gasteiger partial charge in [0.05, 0.1) is 10.6 Å². The number of para-hydroxylation sites is 1. The summed E-state index contributed by atoms with van der Waals surface area (Å²) >= 11 is 2.72. The molecule has 0 aliphatic carbocycles. The molecular weight excluding hydrogens is 523 g/mol. The zero-order valence-corrected chi connectivity index (χ0v) is 23.1. The lowest BCUT2D eigenvalue weighted by Crippen LogP contribution is -2.51. The molecule has 5 nitrogen and oxygen atoms in total. The number of carbonyl (C=O) groups is 2. The van der Waals surface area contributed by atoms with Gasteiger partial charge in [-0.2, -0.15) is 5.10 Å². The molecule has 2 aliphatic heterocycles. The summed E-state index contributed by atoms with van der Waals surface area (Å²) in [6.07, 6.45) is 1.92. The predicted octanol–water partition coefficient (Wildman–Crippen LogP) is 7.49. The summed E-state index contributed by atoms with van der Waals surface area (Å²) < 4.78 is -1.07. The summed E-state index contributed by atoms with van der Waals surface area (Å²) in [6, 6.07) is 34.8. The Morgan fingerprint density at radius 2 is 1.33 bits per heavy atom. The fourth-order valence-corrected chi connectivity index (χ4v) is 7.44. The van der Waals surface area contributed by atoms with Crippen molar-refractivity contribution < 1.29 is 9.59 Å². The van der Waals surface area contributed by atoms with Crippen LogP contribution in [0.4, 0.5) is 11.4 Å². The summed E-state index contributed by atoms with van der Waals surface area (Å²) in [4.78, 5) is 30.2. The molecule has 1 spiro atoms. The van der Waals surface area contributed by atoms with Gasteiger partial charge >= 0.3 is 0 Å². The molecule has 7 heteroatoms. The van der Waals surface area contributed by atoms with Crippen molar-refractivity contribution in [3.63, 3.8) is 0 Å². The van der Waals surface area contributed by atoms with Crippen molar-refractivity contribution in [1.82, 2.24) is 0 Å². The Balaban J connectivity index is 1.51. The molecule has 1 amide bonds. The average molecular weight is 548 g/mol. The molecule has 2 aliphatic rings. The maximum absolute atomic E-state index is 14.2. The second kappa shape index (κ2) is 10.2. The minimum absolute atomic E-state index is 0.139. The smallest absolute Gasteiger partial charge is 0.268 e. The summed E-state index contributed by atoms with van der Waals surface area (Å²) in [5.74, 6) is -0.313. The van der Waals surface area contributed by atoms with Crippen LogP contribution in [0.3, 0.4) is 0 Å². The largest absolute Gasteiger partial charge is 0.286 e.